The number of halogens is 1. The highest BCUT2D eigenvalue weighted by Crippen LogP contribution is 2.29. The van der Waals surface area contributed by atoms with E-state index < -0.39 is 14.5 Å². The monoisotopic (exact) mass is 340 g/mol. The van der Waals surface area contributed by atoms with Gasteiger partial charge in [0.1, 0.15) is 0 Å². The predicted molar refractivity (Wildman–Crippen MR) is 85.2 cm³/mol. The summed E-state index contributed by atoms with van der Waals surface area (Å²) in [7, 11) is 1.64. The molecule has 0 bridgehead atoms. The van der Waals surface area contributed by atoms with Crippen LogP contribution in [0.3, 0.4) is 0 Å². The van der Waals surface area contributed by atoms with Gasteiger partial charge in [-0.2, -0.15) is 5.26 Å². The lowest BCUT2D eigenvalue weighted by Gasteiger charge is -2.20. The van der Waals surface area contributed by atoms with Gasteiger partial charge in [-0.15, -0.1) is 0 Å². The molecule has 1 aromatic carbocycles. The Morgan fingerprint density at radius 1 is 1.36 bits per heavy atom. The van der Waals surface area contributed by atoms with Crippen molar-refractivity contribution in [3.63, 3.8) is 0 Å². The second-order valence-electron chi connectivity index (χ2n) is 6.06. The Morgan fingerprint density at radius 2 is 1.95 bits per heavy atom. The van der Waals surface area contributed by atoms with Gasteiger partial charge in [0, 0.05) is 35.3 Å². The number of anilines is 1. The number of nitriles is 1. The molecule has 1 fully saturated rings. The zero-order valence-electron chi connectivity index (χ0n) is 12.4. The highest BCUT2D eigenvalue weighted by molar-refractivity contribution is 8.13. The number of benzene rings is 1. The molecular weight excluding hydrogens is 324 g/mol. The molecule has 2 rings (SSSR count). The van der Waals surface area contributed by atoms with Crippen molar-refractivity contribution in [1.29, 1.82) is 5.26 Å². The second kappa shape index (κ2) is 5.90. The maximum absolute atomic E-state index is 12.0. The Balaban J connectivity index is 2.16. The summed E-state index contributed by atoms with van der Waals surface area (Å²) >= 11 is 0. The molecule has 1 unspecified atom stereocenters. The minimum absolute atomic E-state index is 0.113. The van der Waals surface area contributed by atoms with Crippen molar-refractivity contribution in [3.05, 3.63) is 29.8 Å². The SMILES string of the molecule is CC(C)(C#N)c1ccc(N2CC(CS(=O)(=O)Cl)CC2=O)cc1. The van der Waals surface area contributed by atoms with Crippen molar-refractivity contribution in [2.45, 2.75) is 25.7 Å². The lowest BCUT2D eigenvalue weighted by atomic mass is 9.86. The van der Waals surface area contributed by atoms with Crippen LogP contribution >= 0.6 is 10.7 Å². The Labute approximate surface area is 134 Å². The molecule has 1 aliphatic heterocycles. The number of nitrogens with zero attached hydrogens (tertiary/aromatic N) is 2. The van der Waals surface area contributed by atoms with Gasteiger partial charge in [0.15, 0.2) is 0 Å². The molecule has 0 N–H and O–H groups in total. The van der Waals surface area contributed by atoms with Crippen LogP contribution in [0.1, 0.15) is 25.8 Å². The van der Waals surface area contributed by atoms with Gasteiger partial charge in [0.25, 0.3) is 0 Å². The summed E-state index contributed by atoms with van der Waals surface area (Å²) in [6, 6.07) is 9.42. The van der Waals surface area contributed by atoms with Crippen molar-refractivity contribution in [1.82, 2.24) is 0 Å². The van der Waals surface area contributed by atoms with Gasteiger partial charge < -0.3 is 4.90 Å². The first-order chi connectivity index (χ1) is 10.1. The summed E-state index contributed by atoms with van der Waals surface area (Å²) in [6.45, 7) is 3.99. The van der Waals surface area contributed by atoms with E-state index in [2.05, 4.69) is 6.07 Å². The number of amides is 1. The molecule has 7 heteroatoms. The summed E-state index contributed by atoms with van der Waals surface area (Å²) in [5.41, 5.74) is 0.977. The van der Waals surface area contributed by atoms with Crippen LogP contribution in [-0.2, 0) is 19.3 Å². The Hall–Kier alpha value is -1.58. The fraction of sp³-hybridized carbons (Fsp3) is 0.467. The number of hydrogen-bond acceptors (Lipinski definition) is 4. The van der Waals surface area contributed by atoms with E-state index >= 15 is 0 Å². The molecule has 0 aliphatic carbocycles. The van der Waals surface area contributed by atoms with E-state index in [0.29, 0.717) is 12.2 Å². The van der Waals surface area contributed by atoms with Crippen molar-refractivity contribution in [2.75, 3.05) is 17.2 Å². The fourth-order valence-electron chi connectivity index (χ4n) is 2.55. The van der Waals surface area contributed by atoms with E-state index in [9.17, 15) is 13.2 Å². The summed E-state index contributed by atoms with van der Waals surface area (Å²) < 4.78 is 22.3. The van der Waals surface area contributed by atoms with Crippen LogP contribution < -0.4 is 4.90 Å². The molecular formula is C15H17ClN2O3S. The Kier molecular flexibility index (Phi) is 4.50. The number of hydrogen-bond donors (Lipinski definition) is 0. The molecule has 1 aliphatic rings. The highest BCUT2D eigenvalue weighted by Gasteiger charge is 2.33. The smallest absolute Gasteiger partial charge is 0.232 e. The third-order valence-electron chi connectivity index (χ3n) is 3.82. The van der Waals surface area contributed by atoms with Crippen molar-refractivity contribution < 1.29 is 13.2 Å². The average molecular weight is 341 g/mol. The van der Waals surface area contributed by atoms with Gasteiger partial charge in [-0.1, -0.05) is 12.1 Å². The van der Waals surface area contributed by atoms with E-state index in [1.54, 1.807) is 17.0 Å². The largest absolute Gasteiger partial charge is 0.312 e. The lowest BCUT2D eigenvalue weighted by Crippen LogP contribution is -2.25. The van der Waals surface area contributed by atoms with Crippen LogP contribution in [0.4, 0.5) is 5.69 Å². The molecule has 1 amide bonds. The molecule has 1 saturated heterocycles. The van der Waals surface area contributed by atoms with Gasteiger partial charge in [-0.25, -0.2) is 8.42 Å². The molecule has 0 saturated carbocycles. The zero-order valence-corrected chi connectivity index (χ0v) is 14.0. The maximum Gasteiger partial charge on any atom is 0.232 e. The van der Waals surface area contributed by atoms with Crippen molar-refractivity contribution in [3.8, 4) is 6.07 Å². The van der Waals surface area contributed by atoms with Crippen LogP contribution in [0.25, 0.3) is 0 Å². The molecule has 118 valence electrons. The normalized spacial score (nSPS) is 19.3. The van der Waals surface area contributed by atoms with Crippen molar-refractivity contribution >= 4 is 31.3 Å². The zero-order chi connectivity index (χ0) is 16.5. The summed E-state index contributed by atoms with van der Waals surface area (Å²) in [4.78, 5) is 13.6. The first-order valence-corrected chi connectivity index (χ1v) is 9.35. The van der Waals surface area contributed by atoms with Crippen LogP contribution in [0.15, 0.2) is 24.3 Å². The average Bonchev–Trinajstić information content (AvgIpc) is 2.77. The van der Waals surface area contributed by atoms with E-state index in [-0.39, 0.29) is 24.0 Å². The second-order valence-corrected chi connectivity index (χ2v) is 8.89. The maximum atomic E-state index is 12.0. The van der Waals surface area contributed by atoms with Gasteiger partial charge in [0.05, 0.1) is 17.2 Å². The van der Waals surface area contributed by atoms with Gasteiger partial charge in [0.2, 0.25) is 15.0 Å². The Morgan fingerprint density at radius 3 is 2.45 bits per heavy atom. The fourth-order valence-corrected chi connectivity index (χ4v) is 3.87. The summed E-state index contributed by atoms with van der Waals surface area (Å²) in [5, 5.41) is 9.13. The number of carbonyl (C=O) groups excluding carboxylic acids is 1. The van der Waals surface area contributed by atoms with Crippen LogP contribution in [0.2, 0.25) is 0 Å². The van der Waals surface area contributed by atoms with Gasteiger partial charge in [-0.3, -0.25) is 4.79 Å². The van der Waals surface area contributed by atoms with Crippen LogP contribution in [-0.4, -0.2) is 26.6 Å². The molecule has 22 heavy (non-hydrogen) atoms. The van der Waals surface area contributed by atoms with E-state index in [0.717, 1.165) is 5.56 Å². The standard InChI is InChI=1S/C15H17ClN2O3S/c1-15(2,10-17)12-3-5-13(6-4-12)18-8-11(7-14(18)19)9-22(16,20)21/h3-6,11H,7-9H2,1-2H3. The molecule has 1 atom stereocenters. The predicted octanol–water partition coefficient (Wildman–Crippen LogP) is 2.41. The molecule has 0 spiro atoms. The minimum atomic E-state index is -3.61. The quantitative estimate of drug-likeness (QED) is 0.788. The molecule has 0 radical (unpaired) electrons. The molecule has 1 aromatic rings. The molecule has 1 heterocycles. The third kappa shape index (κ3) is 3.79. The van der Waals surface area contributed by atoms with Gasteiger partial charge in [-0.05, 0) is 31.5 Å². The Bertz CT molecular complexity index is 720. The van der Waals surface area contributed by atoms with Gasteiger partial charge >= 0.3 is 0 Å². The third-order valence-corrected chi connectivity index (χ3v) is 5.07. The molecule has 5 nitrogen and oxygen atoms in total. The number of rotatable bonds is 4. The van der Waals surface area contributed by atoms with Crippen molar-refractivity contribution in [2.24, 2.45) is 5.92 Å². The molecule has 0 aromatic heterocycles. The van der Waals surface area contributed by atoms with Crippen LogP contribution in [0, 0.1) is 17.2 Å². The first-order valence-electron chi connectivity index (χ1n) is 6.87. The number of carbonyl (C=O) groups is 1. The topological polar surface area (TPSA) is 78.2 Å². The minimum Gasteiger partial charge on any atom is -0.312 e. The van der Waals surface area contributed by atoms with E-state index in [1.165, 1.54) is 0 Å². The van der Waals surface area contributed by atoms with E-state index in [1.807, 2.05) is 26.0 Å². The first kappa shape index (κ1) is 16.8. The van der Waals surface area contributed by atoms with E-state index in [4.69, 9.17) is 15.9 Å². The summed E-state index contributed by atoms with van der Waals surface area (Å²) in [6.07, 6.45) is 0.178. The summed E-state index contributed by atoms with van der Waals surface area (Å²) in [5.74, 6) is -0.598. The lowest BCUT2D eigenvalue weighted by molar-refractivity contribution is -0.117. The highest BCUT2D eigenvalue weighted by atomic mass is 35.7. The van der Waals surface area contributed by atoms with Crippen LogP contribution in [0.5, 0.6) is 0 Å².